The lowest BCUT2D eigenvalue weighted by molar-refractivity contribution is -0.120. The smallest absolute Gasteiger partial charge is 0.265 e. The van der Waals surface area contributed by atoms with Crippen LogP contribution < -0.4 is 21.7 Å². The first-order valence-corrected chi connectivity index (χ1v) is 7.67. The molecule has 0 spiro atoms. The van der Waals surface area contributed by atoms with E-state index < -0.39 is 17.9 Å². The van der Waals surface area contributed by atoms with E-state index in [2.05, 4.69) is 17.2 Å². The number of aromatic nitrogens is 1. The number of nitrogens with one attached hydrogen (secondary N) is 1. The topological polar surface area (TPSA) is 114 Å². The Kier molecular flexibility index (Phi) is 5.95. The Morgan fingerprint density at radius 1 is 1.43 bits per heavy atom. The summed E-state index contributed by atoms with van der Waals surface area (Å²) in [5.74, 6) is -0.909. The number of hydrogen-bond acceptors (Lipinski definition) is 6. The van der Waals surface area contributed by atoms with E-state index in [1.807, 2.05) is 25.8 Å². The van der Waals surface area contributed by atoms with E-state index in [1.165, 1.54) is 11.3 Å². The molecule has 0 bridgehead atoms. The molecule has 0 aliphatic carbocycles. The van der Waals surface area contributed by atoms with Crippen molar-refractivity contribution in [3.8, 4) is 0 Å². The van der Waals surface area contributed by atoms with Crippen LogP contribution in [0.1, 0.15) is 36.9 Å². The average Bonchev–Trinajstić information content (AvgIpc) is 2.77. The van der Waals surface area contributed by atoms with Gasteiger partial charge in [-0.05, 0) is 12.3 Å². The van der Waals surface area contributed by atoms with Gasteiger partial charge in [0.25, 0.3) is 5.91 Å². The van der Waals surface area contributed by atoms with Crippen LogP contribution in [0, 0.1) is 5.92 Å². The molecular formula is C13H23N5O2S. The third-order valence-electron chi connectivity index (χ3n) is 2.99. The van der Waals surface area contributed by atoms with Crippen LogP contribution in [0.15, 0.2) is 0 Å². The van der Waals surface area contributed by atoms with E-state index in [1.54, 1.807) is 0 Å². The van der Waals surface area contributed by atoms with E-state index in [0.717, 1.165) is 13.0 Å². The average molecular weight is 313 g/mol. The summed E-state index contributed by atoms with van der Waals surface area (Å²) < 4.78 is 0. The Morgan fingerprint density at radius 3 is 2.52 bits per heavy atom. The number of rotatable bonds is 7. The second-order valence-electron chi connectivity index (χ2n) is 5.23. The Balaban J connectivity index is 2.90. The number of anilines is 2. The molecule has 1 aromatic heterocycles. The van der Waals surface area contributed by atoms with Crippen LogP contribution in [-0.2, 0) is 4.79 Å². The Hall–Kier alpha value is -1.83. The molecule has 118 valence electrons. The van der Waals surface area contributed by atoms with E-state index >= 15 is 0 Å². The van der Waals surface area contributed by atoms with Crippen molar-refractivity contribution < 1.29 is 9.59 Å². The highest BCUT2D eigenvalue weighted by molar-refractivity contribution is 7.18. The zero-order chi connectivity index (χ0) is 16.2. The second kappa shape index (κ2) is 7.26. The van der Waals surface area contributed by atoms with Gasteiger partial charge >= 0.3 is 0 Å². The molecule has 0 fully saturated rings. The largest absolute Gasteiger partial charge is 0.382 e. The lowest BCUT2D eigenvalue weighted by atomic mass is 10.0. The van der Waals surface area contributed by atoms with Gasteiger partial charge in [0.2, 0.25) is 5.91 Å². The highest BCUT2D eigenvalue weighted by Crippen LogP contribution is 2.27. The van der Waals surface area contributed by atoms with Crippen LogP contribution in [0.25, 0.3) is 0 Å². The number of nitrogens with zero attached hydrogens (tertiary/aromatic N) is 2. The first-order valence-electron chi connectivity index (χ1n) is 6.85. The van der Waals surface area contributed by atoms with Crippen molar-refractivity contribution in [2.45, 2.75) is 33.2 Å². The fraction of sp³-hybridized carbons (Fsp3) is 0.615. The SMILES string of the molecule is CCCN(C)c1nc(N)c(C(=O)NC(C(N)=O)C(C)C)s1. The Labute approximate surface area is 128 Å². The monoisotopic (exact) mass is 313 g/mol. The first-order chi connectivity index (χ1) is 9.77. The first kappa shape index (κ1) is 17.2. The number of hydrogen-bond donors (Lipinski definition) is 3. The van der Waals surface area contributed by atoms with E-state index in [4.69, 9.17) is 11.5 Å². The van der Waals surface area contributed by atoms with Gasteiger partial charge < -0.3 is 21.7 Å². The van der Waals surface area contributed by atoms with Crippen molar-refractivity contribution in [2.24, 2.45) is 11.7 Å². The maximum atomic E-state index is 12.2. The second-order valence-corrected chi connectivity index (χ2v) is 6.21. The van der Waals surface area contributed by atoms with Crippen LogP contribution in [0.4, 0.5) is 10.9 Å². The summed E-state index contributed by atoms with van der Waals surface area (Å²) >= 11 is 1.21. The number of amides is 2. The van der Waals surface area contributed by atoms with Crippen LogP contribution in [0.3, 0.4) is 0 Å². The zero-order valence-electron chi connectivity index (χ0n) is 12.8. The Morgan fingerprint density at radius 2 is 2.05 bits per heavy atom. The number of primary amides is 1. The van der Waals surface area contributed by atoms with Gasteiger partial charge in [0.05, 0.1) is 0 Å². The molecule has 0 saturated heterocycles. The van der Waals surface area contributed by atoms with Crippen LogP contribution in [0.2, 0.25) is 0 Å². The fourth-order valence-corrected chi connectivity index (χ4v) is 2.73. The maximum Gasteiger partial charge on any atom is 0.265 e. The number of thiazole rings is 1. The quantitative estimate of drug-likeness (QED) is 0.689. The molecular weight excluding hydrogens is 290 g/mol. The van der Waals surface area contributed by atoms with Crippen molar-refractivity contribution in [1.82, 2.24) is 10.3 Å². The summed E-state index contributed by atoms with van der Waals surface area (Å²) in [5.41, 5.74) is 11.1. The minimum absolute atomic E-state index is 0.0946. The third-order valence-corrected chi connectivity index (χ3v) is 4.18. The molecule has 5 N–H and O–H groups in total. The molecule has 1 heterocycles. The number of nitrogens with two attached hydrogens (primary N) is 2. The molecule has 0 saturated carbocycles. The number of nitrogen functional groups attached to an aromatic ring is 1. The van der Waals surface area contributed by atoms with Crippen molar-refractivity contribution in [1.29, 1.82) is 0 Å². The standard InChI is InChI=1S/C13H23N5O2S/c1-5-6-18(4)13-17-10(14)9(21-13)12(20)16-8(7(2)3)11(15)19/h7-8H,5-6,14H2,1-4H3,(H2,15,19)(H,16,20). The molecule has 0 aromatic carbocycles. The lowest BCUT2D eigenvalue weighted by Gasteiger charge is -2.18. The summed E-state index contributed by atoms with van der Waals surface area (Å²) in [6, 6.07) is -0.726. The van der Waals surface area contributed by atoms with Gasteiger partial charge in [0.1, 0.15) is 16.7 Å². The summed E-state index contributed by atoms with van der Waals surface area (Å²) in [6.45, 7) is 6.50. The molecule has 2 amide bonds. The molecule has 0 radical (unpaired) electrons. The number of carbonyl (C=O) groups excluding carboxylic acids is 2. The van der Waals surface area contributed by atoms with Crippen LogP contribution in [-0.4, -0.2) is 36.4 Å². The molecule has 1 aromatic rings. The van der Waals surface area contributed by atoms with Gasteiger partial charge in [-0.25, -0.2) is 4.98 Å². The predicted molar refractivity (Wildman–Crippen MR) is 85.4 cm³/mol. The maximum absolute atomic E-state index is 12.2. The number of carbonyl (C=O) groups is 2. The fourth-order valence-electron chi connectivity index (χ4n) is 1.85. The highest BCUT2D eigenvalue weighted by atomic mass is 32.1. The van der Waals surface area contributed by atoms with Gasteiger partial charge in [0.15, 0.2) is 5.13 Å². The third kappa shape index (κ3) is 4.32. The molecule has 8 heteroatoms. The summed E-state index contributed by atoms with van der Waals surface area (Å²) in [5, 5.41) is 3.30. The van der Waals surface area contributed by atoms with Gasteiger partial charge in [-0.15, -0.1) is 0 Å². The van der Waals surface area contributed by atoms with E-state index in [9.17, 15) is 9.59 Å². The lowest BCUT2D eigenvalue weighted by Crippen LogP contribution is -2.47. The van der Waals surface area contributed by atoms with Crippen molar-refractivity contribution >= 4 is 34.1 Å². The van der Waals surface area contributed by atoms with Crippen molar-refractivity contribution in [2.75, 3.05) is 24.2 Å². The Bertz CT molecular complexity index is 515. The predicted octanol–water partition coefficient (Wildman–Crippen LogP) is 0.811. The minimum atomic E-state index is -0.726. The minimum Gasteiger partial charge on any atom is -0.382 e. The van der Waals surface area contributed by atoms with E-state index in [-0.39, 0.29) is 11.7 Å². The zero-order valence-corrected chi connectivity index (χ0v) is 13.7. The van der Waals surface area contributed by atoms with Gasteiger partial charge in [-0.1, -0.05) is 32.1 Å². The molecule has 1 unspecified atom stereocenters. The van der Waals surface area contributed by atoms with Gasteiger partial charge in [-0.2, -0.15) is 0 Å². The normalized spacial score (nSPS) is 12.2. The van der Waals surface area contributed by atoms with Crippen molar-refractivity contribution in [3.63, 3.8) is 0 Å². The molecule has 21 heavy (non-hydrogen) atoms. The van der Waals surface area contributed by atoms with Gasteiger partial charge in [-0.3, -0.25) is 9.59 Å². The highest BCUT2D eigenvalue weighted by Gasteiger charge is 2.25. The van der Waals surface area contributed by atoms with Crippen molar-refractivity contribution in [3.05, 3.63) is 4.88 Å². The molecule has 1 rings (SSSR count). The van der Waals surface area contributed by atoms with Crippen LogP contribution in [0.5, 0.6) is 0 Å². The van der Waals surface area contributed by atoms with Crippen LogP contribution >= 0.6 is 11.3 Å². The molecule has 1 atom stereocenters. The molecule has 0 aliphatic heterocycles. The molecule has 0 aliphatic rings. The summed E-state index contributed by atoms with van der Waals surface area (Å²) in [7, 11) is 1.89. The summed E-state index contributed by atoms with van der Waals surface area (Å²) in [4.78, 5) is 30.0. The summed E-state index contributed by atoms with van der Waals surface area (Å²) in [6.07, 6.45) is 0.967. The molecule has 7 nitrogen and oxygen atoms in total. The van der Waals surface area contributed by atoms with Gasteiger partial charge in [0, 0.05) is 13.6 Å². The van der Waals surface area contributed by atoms with E-state index in [0.29, 0.717) is 10.0 Å².